The standard InChI is InChI=1S/C18H12O3/c19-12-7-8-18-15(10-12)13-5-3-9-20-17-6-2-1-4-14(17)16(13)11-21-18/h1-11,19H. The van der Waals surface area contributed by atoms with Gasteiger partial charge in [-0.1, -0.05) is 24.3 Å². The zero-order valence-corrected chi connectivity index (χ0v) is 11.1. The van der Waals surface area contributed by atoms with Gasteiger partial charge in [-0.05, 0) is 35.9 Å². The molecule has 0 amide bonds. The highest BCUT2D eigenvalue weighted by molar-refractivity contribution is 6.02. The molecule has 102 valence electrons. The van der Waals surface area contributed by atoms with Crippen molar-refractivity contribution in [2.24, 2.45) is 0 Å². The topological polar surface area (TPSA) is 46.5 Å². The Balaban J connectivity index is 2.25. The molecule has 0 saturated heterocycles. The highest BCUT2D eigenvalue weighted by Gasteiger charge is 2.11. The van der Waals surface area contributed by atoms with Gasteiger partial charge in [0.25, 0.3) is 0 Å². The van der Waals surface area contributed by atoms with Crippen LogP contribution in [0.15, 0.2) is 76.0 Å². The minimum absolute atomic E-state index is 0.218. The molecule has 2 heterocycles. The molecule has 0 atom stereocenters. The molecule has 2 aliphatic rings. The van der Waals surface area contributed by atoms with E-state index in [1.54, 1.807) is 30.7 Å². The minimum Gasteiger partial charge on any atom is -0.508 e. The first-order valence-corrected chi connectivity index (χ1v) is 6.66. The van der Waals surface area contributed by atoms with E-state index in [2.05, 4.69) is 0 Å². The van der Waals surface area contributed by atoms with Crippen LogP contribution in [0.4, 0.5) is 0 Å². The molecule has 0 bridgehead atoms. The summed E-state index contributed by atoms with van der Waals surface area (Å²) in [4.78, 5) is 0. The molecule has 1 N–H and O–H groups in total. The maximum absolute atomic E-state index is 9.75. The van der Waals surface area contributed by atoms with Gasteiger partial charge in [-0.2, -0.15) is 0 Å². The summed E-state index contributed by atoms with van der Waals surface area (Å²) in [6, 6.07) is 16.7. The third kappa shape index (κ3) is 1.91. The van der Waals surface area contributed by atoms with Crippen LogP contribution in [0.25, 0.3) is 33.1 Å². The van der Waals surface area contributed by atoms with Crippen LogP contribution >= 0.6 is 0 Å². The molecule has 4 rings (SSSR count). The number of hydrogen-bond donors (Lipinski definition) is 1. The van der Waals surface area contributed by atoms with Crippen molar-refractivity contribution in [3.63, 3.8) is 0 Å². The largest absolute Gasteiger partial charge is 0.508 e. The lowest BCUT2D eigenvalue weighted by Gasteiger charge is -2.09. The summed E-state index contributed by atoms with van der Waals surface area (Å²) < 4.78 is 11.3. The molecule has 0 fully saturated rings. The number of phenols is 1. The van der Waals surface area contributed by atoms with Crippen LogP contribution in [0.1, 0.15) is 0 Å². The summed E-state index contributed by atoms with van der Waals surface area (Å²) in [7, 11) is 0. The molecule has 0 aromatic heterocycles. The summed E-state index contributed by atoms with van der Waals surface area (Å²) in [5, 5.41) is 11.6. The lowest BCUT2D eigenvalue weighted by Crippen LogP contribution is -1.84. The lowest BCUT2D eigenvalue weighted by atomic mass is 10.00. The summed E-state index contributed by atoms with van der Waals surface area (Å²) in [5.41, 5.74) is 3.44. The number of aromatic hydroxyl groups is 1. The molecule has 0 spiro atoms. The van der Waals surface area contributed by atoms with E-state index >= 15 is 0 Å². The Morgan fingerprint density at radius 3 is 2.52 bits per heavy atom. The molecule has 0 aliphatic carbocycles. The van der Waals surface area contributed by atoms with Gasteiger partial charge < -0.3 is 13.9 Å². The molecule has 3 nitrogen and oxygen atoms in total. The maximum atomic E-state index is 9.75. The predicted octanol–water partition coefficient (Wildman–Crippen LogP) is 5.11. The van der Waals surface area contributed by atoms with E-state index in [0.717, 1.165) is 33.1 Å². The fourth-order valence-electron chi connectivity index (χ4n) is 2.59. The highest BCUT2D eigenvalue weighted by Crippen LogP contribution is 2.35. The zero-order chi connectivity index (χ0) is 14.2. The van der Waals surface area contributed by atoms with Crippen molar-refractivity contribution in [2.75, 3.05) is 0 Å². The number of hydrogen-bond acceptors (Lipinski definition) is 3. The van der Waals surface area contributed by atoms with Crippen LogP contribution in [0.3, 0.4) is 0 Å². The van der Waals surface area contributed by atoms with Crippen molar-refractivity contribution in [1.82, 2.24) is 0 Å². The Morgan fingerprint density at radius 1 is 0.714 bits per heavy atom. The minimum atomic E-state index is 0.218. The third-order valence-corrected chi connectivity index (χ3v) is 3.56. The van der Waals surface area contributed by atoms with E-state index in [4.69, 9.17) is 8.83 Å². The molecule has 2 aliphatic heterocycles. The molecule has 21 heavy (non-hydrogen) atoms. The highest BCUT2D eigenvalue weighted by atomic mass is 16.3. The molecule has 3 heteroatoms. The van der Waals surface area contributed by atoms with Gasteiger partial charge in [-0.15, -0.1) is 0 Å². The van der Waals surface area contributed by atoms with Crippen LogP contribution in [0.2, 0.25) is 0 Å². The van der Waals surface area contributed by atoms with E-state index in [9.17, 15) is 5.11 Å². The monoisotopic (exact) mass is 276 g/mol. The quantitative estimate of drug-likeness (QED) is 0.485. The Kier molecular flexibility index (Phi) is 2.57. The van der Waals surface area contributed by atoms with Gasteiger partial charge in [0.2, 0.25) is 0 Å². The fraction of sp³-hybridized carbons (Fsp3) is 0. The fourth-order valence-corrected chi connectivity index (χ4v) is 2.59. The Bertz CT molecular complexity index is 961. The number of rotatable bonds is 0. The molecular formula is C18H12O3. The maximum Gasteiger partial charge on any atom is 0.134 e. The van der Waals surface area contributed by atoms with Crippen LogP contribution < -0.4 is 0 Å². The zero-order valence-electron chi connectivity index (χ0n) is 11.1. The van der Waals surface area contributed by atoms with E-state index in [1.165, 1.54) is 0 Å². The third-order valence-electron chi connectivity index (χ3n) is 3.56. The van der Waals surface area contributed by atoms with Gasteiger partial charge in [0.15, 0.2) is 0 Å². The second kappa shape index (κ2) is 4.56. The van der Waals surface area contributed by atoms with E-state index in [-0.39, 0.29) is 5.75 Å². The van der Waals surface area contributed by atoms with Gasteiger partial charge in [0.05, 0.1) is 12.5 Å². The molecule has 0 saturated carbocycles. The second-order valence-electron chi connectivity index (χ2n) is 4.85. The van der Waals surface area contributed by atoms with Gasteiger partial charge >= 0.3 is 0 Å². The average Bonchev–Trinajstić information content (AvgIpc) is 2.49. The van der Waals surface area contributed by atoms with Crippen LogP contribution in [-0.2, 0) is 0 Å². The van der Waals surface area contributed by atoms with E-state index in [1.807, 2.05) is 36.4 Å². The SMILES string of the molecule is Oc1ccc2occ3c4ccccc4occcc-3c2c1. The second-order valence-corrected chi connectivity index (χ2v) is 4.85. The molecule has 2 aromatic rings. The van der Waals surface area contributed by atoms with E-state index in [0.29, 0.717) is 0 Å². The van der Waals surface area contributed by atoms with Gasteiger partial charge in [-0.25, -0.2) is 0 Å². The van der Waals surface area contributed by atoms with Crippen LogP contribution in [-0.4, -0.2) is 5.11 Å². The Morgan fingerprint density at radius 2 is 1.57 bits per heavy atom. The van der Waals surface area contributed by atoms with Crippen molar-refractivity contribution in [3.8, 4) is 16.9 Å². The van der Waals surface area contributed by atoms with Crippen LogP contribution in [0, 0.1) is 0 Å². The van der Waals surface area contributed by atoms with Crippen molar-refractivity contribution in [3.05, 3.63) is 67.1 Å². The molecule has 2 aromatic carbocycles. The normalized spacial score (nSPS) is 11.0. The first-order chi connectivity index (χ1) is 10.3. The average molecular weight is 276 g/mol. The Hall–Kier alpha value is -2.94. The van der Waals surface area contributed by atoms with Crippen molar-refractivity contribution in [1.29, 1.82) is 0 Å². The number of fused-ring (bicyclic) bond motifs is 5. The molecule has 0 unspecified atom stereocenters. The number of para-hydroxylation sites is 1. The smallest absolute Gasteiger partial charge is 0.134 e. The Labute approximate surface area is 120 Å². The first kappa shape index (κ1) is 11.9. The summed E-state index contributed by atoms with van der Waals surface area (Å²) in [6.07, 6.45) is 3.38. The van der Waals surface area contributed by atoms with Crippen molar-refractivity contribution in [2.45, 2.75) is 0 Å². The summed E-state index contributed by atoms with van der Waals surface area (Å²) >= 11 is 0. The van der Waals surface area contributed by atoms with E-state index < -0.39 is 0 Å². The van der Waals surface area contributed by atoms with Gasteiger partial charge in [0.1, 0.15) is 16.9 Å². The molecular weight excluding hydrogens is 264 g/mol. The summed E-state index contributed by atoms with van der Waals surface area (Å²) in [5.74, 6) is 0.218. The van der Waals surface area contributed by atoms with Gasteiger partial charge in [0, 0.05) is 16.3 Å². The van der Waals surface area contributed by atoms with Crippen molar-refractivity contribution < 1.29 is 13.9 Å². The summed E-state index contributed by atoms with van der Waals surface area (Å²) in [6.45, 7) is 0. The van der Waals surface area contributed by atoms with Crippen molar-refractivity contribution >= 4 is 21.9 Å². The predicted molar refractivity (Wildman–Crippen MR) is 81.9 cm³/mol. The number of phenolic OH excluding ortho intramolecular Hbond substituents is 1. The van der Waals surface area contributed by atoms with Gasteiger partial charge in [-0.3, -0.25) is 0 Å². The van der Waals surface area contributed by atoms with Crippen LogP contribution in [0.5, 0.6) is 5.75 Å². The lowest BCUT2D eigenvalue weighted by molar-refractivity contribution is 0.475. The number of benzene rings is 2. The first-order valence-electron chi connectivity index (χ1n) is 6.66. The molecule has 0 radical (unpaired) electrons.